The van der Waals surface area contributed by atoms with Crippen LogP contribution >= 0.6 is 0 Å². The Labute approximate surface area is 212 Å². The molecule has 2 heteroatoms. The first-order valence-corrected chi connectivity index (χ1v) is 13.6. The van der Waals surface area contributed by atoms with E-state index in [1.165, 1.54) is 65.7 Å². The summed E-state index contributed by atoms with van der Waals surface area (Å²) in [5, 5.41) is 0. The van der Waals surface area contributed by atoms with Crippen LogP contribution in [-0.2, 0) is 25.9 Å². The highest BCUT2D eigenvalue weighted by Gasteiger charge is 2.20. The molecule has 0 unspecified atom stereocenters. The second-order valence-electron chi connectivity index (χ2n) is 10.6. The number of nitrogens with zero attached hydrogens (tertiary/aromatic N) is 2. The molecule has 3 aromatic rings. The molecular weight excluding hydrogens is 424 g/mol. The van der Waals surface area contributed by atoms with Crippen molar-refractivity contribution in [3.8, 4) is 0 Å². The van der Waals surface area contributed by atoms with Gasteiger partial charge < -0.3 is 0 Å². The number of hydrogen-bond acceptors (Lipinski definition) is 2. The molecular formula is C33H40N2. The zero-order valence-electron chi connectivity index (χ0n) is 21.2. The maximum absolute atomic E-state index is 4.50. The first-order chi connectivity index (χ1) is 17.2. The topological polar surface area (TPSA) is 6.48 Å². The summed E-state index contributed by atoms with van der Waals surface area (Å²) in [6, 6.07) is 28.9. The van der Waals surface area contributed by atoms with Crippen LogP contribution in [-0.4, -0.2) is 36.0 Å². The monoisotopic (exact) mass is 464 g/mol. The van der Waals surface area contributed by atoms with Gasteiger partial charge in [0.05, 0.1) is 0 Å². The Morgan fingerprint density at radius 2 is 1.26 bits per heavy atom. The van der Waals surface area contributed by atoms with E-state index in [2.05, 4.69) is 95.2 Å². The van der Waals surface area contributed by atoms with Crippen molar-refractivity contribution in [2.75, 3.05) is 26.2 Å². The molecule has 2 heterocycles. The van der Waals surface area contributed by atoms with E-state index in [-0.39, 0.29) is 0 Å². The van der Waals surface area contributed by atoms with E-state index in [1.807, 2.05) is 0 Å². The zero-order chi connectivity index (χ0) is 23.9. The Balaban J connectivity index is 1.09. The molecule has 2 nitrogen and oxygen atoms in total. The van der Waals surface area contributed by atoms with Crippen LogP contribution in [0.3, 0.4) is 0 Å². The highest BCUT2D eigenvalue weighted by Crippen LogP contribution is 2.29. The molecule has 0 aliphatic carbocycles. The third-order valence-corrected chi connectivity index (χ3v) is 8.07. The van der Waals surface area contributed by atoms with Crippen LogP contribution in [0.15, 0.2) is 85.4 Å². The number of benzene rings is 3. The molecule has 0 radical (unpaired) electrons. The summed E-state index contributed by atoms with van der Waals surface area (Å²) in [5.41, 5.74) is 8.60. The van der Waals surface area contributed by atoms with E-state index in [0.29, 0.717) is 0 Å². The Morgan fingerprint density at radius 3 is 1.89 bits per heavy atom. The number of fused-ring (bicyclic) bond motifs is 1. The lowest BCUT2D eigenvalue weighted by Crippen LogP contribution is -2.33. The molecule has 5 rings (SSSR count). The third kappa shape index (κ3) is 6.72. The van der Waals surface area contributed by atoms with Crippen molar-refractivity contribution >= 4 is 5.57 Å². The van der Waals surface area contributed by atoms with E-state index < -0.39 is 0 Å². The van der Waals surface area contributed by atoms with Crippen molar-refractivity contribution in [2.24, 2.45) is 5.92 Å². The summed E-state index contributed by atoms with van der Waals surface area (Å²) >= 11 is 0. The van der Waals surface area contributed by atoms with Crippen LogP contribution in [0.4, 0.5) is 0 Å². The van der Waals surface area contributed by atoms with Gasteiger partial charge in [0.25, 0.3) is 0 Å². The minimum Gasteiger partial charge on any atom is -0.299 e. The predicted molar refractivity (Wildman–Crippen MR) is 148 cm³/mol. The van der Waals surface area contributed by atoms with Gasteiger partial charge in [0.2, 0.25) is 0 Å². The van der Waals surface area contributed by atoms with Gasteiger partial charge in [0.15, 0.2) is 0 Å². The molecule has 0 amide bonds. The van der Waals surface area contributed by atoms with E-state index in [1.54, 1.807) is 0 Å². The van der Waals surface area contributed by atoms with Crippen LogP contribution in [0.5, 0.6) is 0 Å². The number of rotatable bonds is 8. The molecule has 2 aliphatic heterocycles. The van der Waals surface area contributed by atoms with E-state index in [4.69, 9.17) is 0 Å². The minimum absolute atomic E-state index is 0.839. The summed E-state index contributed by atoms with van der Waals surface area (Å²) in [6.07, 6.45) is 7.34. The number of hydrogen-bond donors (Lipinski definition) is 0. The Bertz CT molecular complexity index is 1080. The van der Waals surface area contributed by atoms with Gasteiger partial charge in [-0.25, -0.2) is 0 Å². The second kappa shape index (κ2) is 11.8. The van der Waals surface area contributed by atoms with Crippen molar-refractivity contribution in [1.82, 2.24) is 9.80 Å². The first-order valence-electron chi connectivity index (χ1n) is 13.6. The summed E-state index contributed by atoms with van der Waals surface area (Å²) in [7, 11) is 0. The molecule has 0 atom stereocenters. The number of allylic oxidation sites excluding steroid dienone is 1. The second-order valence-corrected chi connectivity index (χ2v) is 10.6. The van der Waals surface area contributed by atoms with Gasteiger partial charge >= 0.3 is 0 Å². The third-order valence-electron chi connectivity index (χ3n) is 8.07. The molecule has 35 heavy (non-hydrogen) atoms. The fraction of sp³-hybridized carbons (Fsp3) is 0.394. The van der Waals surface area contributed by atoms with Crippen LogP contribution in [0.1, 0.15) is 53.5 Å². The van der Waals surface area contributed by atoms with Crippen LogP contribution < -0.4 is 0 Å². The highest BCUT2D eigenvalue weighted by atomic mass is 15.1. The molecule has 0 spiro atoms. The zero-order valence-corrected chi connectivity index (χ0v) is 21.2. The maximum atomic E-state index is 4.50. The quantitative estimate of drug-likeness (QED) is 0.354. The van der Waals surface area contributed by atoms with Gasteiger partial charge in [-0.3, -0.25) is 9.80 Å². The van der Waals surface area contributed by atoms with Crippen molar-refractivity contribution in [3.63, 3.8) is 0 Å². The molecule has 0 bridgehead atoms. The number of likely N-dealkylation sites (tertiary alicyclic amines) is 1. The van der Waals surface area contributed by atoms with Crippen LogP contribution in [0.25, 0.3) is 5.57 Å². The van der Waals surface area contributed by atoms with Crippen molar-refractivity contribution in [1.29, 1.82) is 0 Å². The lowest BCUT2D eigenvalue weighted by atomic mass is 9.88. The van der Waals surface area contributed by atoms with Gasteiger partial charge in [-0.15, -0.1) is 0 Å². The average molecular weight is 465 g/mol. The molecule has 182 valence electrons. The molecule has 1 saturated heterocycles. The SMILES string of the molecule is C=C(CCC1CCN(Cc2ccccc2)CC1)c1ccc2c(c1)CCN(Cc1ccccc1)CC2. The van der Waals surface area contributed by atoms with E-state index >= 15 is 0 Å². The van der Waals surface area contributed by atoms with Crippen LogP contribution in [0, 0.1) is 5.92 Å². The van der Waals surface area contributed by atoms with Gasteiger partial charge in [-0.1, -0.05) is 85.4 Å². The number of piperidine rings is 1. The fourth-order valence-electron chi connectivity index (χ4n) is 5.79. The minimum atomic E-state index is 0.839. The van der Waals surface area contributed by atoms with Gasteiger partial charge in [-0.05, 0) is 90.9 Å². The fourth-order valence-corrected chi connectivity index (χ4v) is 5.79. The van der Waals surface area contributed by atoms with Crippen LogP contribution in [0.2, 0.25) is 0 Å². The van der Waals surface area contributed by atoms with Gasteiger partial charge in [-0.2, -0.15) is 0 Å². The lowest BCUT2D eigenvalue weighted by molar-refractivity contribution is 0.173. The Kier molecular flexibility index (Phi) is 8.13. The van der Waals surface area contributed by atoms with E-state index in [9.17, 15) is 0 Å². The Hall–Kier alpha value is -2.68. The highest BCUT2D eigenvalue weighted by molar-refractivity contribution is 5.64. The molecule has 0 N–H and O–H groups in total. The first kappa shape index (κ1) is 24.0. The van der Waals surface area contributed by atoms with E-state index in [0.717, 1.165) is 51.4 Å². The van der Waals surface area contributed by atoms with Crippen molar-refractivity contribution < 1.29 is 0 Å². The smallest absolute Gasteiger partial charge is 0.0233 e. The molecule has 3 aromatic carbocycles. The standard InChI is InChI=1S/C33H40N2/c1-27(12-13-28-16-20-34(21-17-28)25-29-8-4-2-5-9-29)32-15-14-31-18-22-35(23-19-33(31)24-32)26-30-10-6-3-7-11-30/h2-11,14-15,24,28H,1,12-13,16-23,25-26H2. The van der Waals surface area contributed by atoms with Gasteiger partial charge in [0.1, 0.15) is 0 Å². The summed E-state index contributed by atoms with van der Waals surface area (Å²) in [6.45, 7) is 11.4. The average Bonchev–Trinajstić information content (AvgIpc) is 3.11. The molecule has 0 aromatic heterocycles. The lowest BCUT2D eigenvalue weighted by Gasteiger charge is -2.32. The summed E-state index contributed by atoms with van der Waals surface area (Å²) in [4.78, 5) is 5.22. The normalized spacial score (nSPS) is 17.6. The predicted octanol–water partition coefficient (Wildman–Crippen LogP) is 6.99. The largest absolute Gasteiger partial charge is 0.299 e. The molecule has 2 aliphatic rings. The van der Waals surface area contributed by atoms with Crippen molar-refractivity contribution in [3.05, 3.63) is 113 Å². The maximum Gasteiger partial charge on any atom is 0.0233 e. The van der Waals surface area contributed by atoms with Crippen molar-refractivity contribution in [2.45, 2.75) is 51.6 Å². The molecule has 1 fully saturated rings. The summed E-state index contributed by atoms with van der Waals surface area (Å²) < 4.78 is 0. The van der Waals surface area contributed by atoms with Gasteiger partial charge in [0, 0.05) is 26.2 Å². The molecule has 0 saturated carbocycles. The Morgan fingerprint density at radius 1 is 0.686 bits per heavy atom. The summed E-state index contributed by atoms with van der Waals surface area (Å²) in [5.74, 6) is 0.839.